The lowest BCUT2D eigenvalue weighted by Gasteiger charge is -2.25. The first-order chi connectivity index (χ1) is 9.30. The molecule has 0 aliphatic carbocycles. The van der Waals surface area contributed by atoms with Gasteiger partial charge < -0.3 is 10.4 Å². The van der Waals surface area contributed by atoms with Crippen molar-refractivity contribution in [3.8, 4) is 0 Å². The number of imidazole rings is 1. The molecule has 5 heteroatoms. The van der Waals surface area contributed by atoms with Gasteiger partial charge in [-0.15, -0.1) is 11.3 Å². The van der Waals surface area contributed by atoms with E-state index in [1.807, 2.05) is 13.8 Å². The maximum absolute atomic E-state index is 10.3. The average Bonchev–Trinajstić information content (AvgIpc) is 2.79. The highest BCUT2D eigenvalue weighted by Crippen LogP contribution is 2.21. The Bertz CT molecular complexity index is 583. The number of aliphatic hydroxyl groups is 1. The molecule has 0 spiro atoms. The Morgan fingerprint density at radius 1 is 1.45 bits per heavy atom. The normalized spacial score (nSPS) is 15.2. The van der Waals surface area contributed by atoms with Crippen LogP contribution in [0.4, 0.5) is 0 Å². The number of nitrogens with zero attached hydrogens (tertiary/aromatic N) is 2. The predicted octanol–water partition coefficient (Wildman–Crippen LogP) is 2.90. The minimum absolute atomic E-state index is 0.495. The zero-order valence-electron chi connectivity index (χ0n) is 13.0. The Kier molecular flexibility index (Phi) is 4.52. The van der Waals surface area contributed by atoms with Crippen molar-refractivity contribution in [1.29, 1.82) is 0 Å². The van der Waals surface area contributed by atoms with Crippen LogP contribution in [0.2, 0.25) is 0 Å². The summed E-state index contributed by atoms with van der Waals surface area (Å²) in [6, 6.07) is 0. The van der Waals surface area contributed by atoms with Gasteiger partial charge in [0, 0.05) is 24.2 Å². The molecule has 4 nitrogen and oxygen atoms in total. The zero-order chi connectivity index (χ0) is 14.9. The maximum Gasteiger partial charge on any atom is 0.194 e. The van der Waals surface area contributed by atoms with Crippen molar-refractivity contribution in [2.45, 2.75) is 53.2 Å². The number of rotatable bonds is 6. The molecule has 20 heavy (non-hydrogen) atoms. The molecule has 0 radical (unpaired) electrons. The molecule has 0 saturated carbocycles. The molecule has 0 amide bonds. The van der Waals surface area contributed by atoms with E-state index in [0.29, 0.717) is 12.5 Å². The lowest BCUT2D eigenvalue weighted by Crippen LogP contribution is -2.38. The van der Waals surface area contributed by atoms with E-state index in [9.17, 15) is 5.11 Å². The van der Waals surface area contributed by atoms with Crippen LogP contribution < -0.4 is 5.32 Å². The van der Waals surface area contributed by atoms with Crippen LogP contribution in [0.5, 0.6) is 0 Å². The fourth-order valence-electron chi connectivity index (χ4n) is 2.78. The molecule has 2 aromatic rings. The van der Waals surface area contributed by atoms with Crippen LogP contribution in [-0.2, 0) is 6.54 Å². The topological polar surface area (TPSA) is 49.6 Å². The van der Waals surface area contributed by atoms with E-state index in [0.717, 1.165) is 23.6 Å². The molecule has 2 N–H and O–H groups in total. The summed E-state index contributed by atoms with van der Waals surface area (Å²) in [4.78, 5) is 5.62. The van der Waals surface area contributed by atoms with Gasteiger partial charge in [-0.05, 0) is 33.1 Å². The van der Waals surface area contributed by atoms with Gasteiger partial charge in [0.1, 0.15) is 0 Å². The van der Waals surface area contributed by atoms with Crippen LogP contribution >= 0.6 is 11.3 Å². The van der Waals surface area contributed by atoms with Gasteiger partial charge in [0.15, 0.2) is 4.96 Å². The summed E-state index contributed by atoms with van der Waals surface area (Å²) in [7, 11) is 0. The van der Waals surface area contributed by atoms with Gasteiger partial charge in [0.05, 0.1) is 17.0 Å². The molecule has 0 aliphatic rings. The van der Waals surface area contributed by atoms with E-state index in [1.165, 1.54) is 11.4 Å². The molecular formula is C15H25N3OS. The second kappa shape index (κ2) is 5.84. The number of hydrogen-bond donors (Lipinski definition) is 2. The highest BCUT2D eigenvalue weighted by molar-refractivity contribution is 7.15. The summed E-state index contributed by atoms with van der Waals surface area (Å²) in [6.45, 7) is 11.6. The Morgan fingerprint density at radius 3 is 2.80 bits per heavy atom. The molecule has 0 saturated heterocycles. The Hall–Kier alpha value is -0.910. The van der Waals surface area contributed by atoms with E-state index in [-0.39, 0.29) is 0 Å². The van der Waals surface area contributed by atoms with Crippen molar-refractivity contribution < 1.29 is 5.11 Å². The first-order valence-corrected chi connectivity index (χ1v) is 8.03. The summed E-state index contributed by atoms with van der Waals surface area (Å²) in [5, 5.41) is 15.8. The largest absolute Gasteiger partial charge is 0.389 e. The van der Waals surface area contributed by atoms with Gasteiger partial charge in [-0.25, -0.2) is 4.98 Å². The SMILES string of the molecule is Cc1nc2scc(C)n2c1CNCC(C)(O)CC(C)C. The average molecular weight is 295 g/mol. The Labute approximate surface area is 124 Å². The maximum atomic E-state index is 10.3. The summed E-state index contributed by atoms with van der Waals surface area (Å²) >= 11 is 1.67. The lowest BCUT2D eigenvalue weighted by molar-refractivity contribution is 0.0382. The molecule has 112 valence electrons. The van der Waals surface area contributed by atoms with Gasteiger partial charge in [0.25, 0.3) is 0 Å². The molecule has 2 aromatic heterocycles. The molecule has 2 rings (SSSR count). The fraction of sp³-hybridized carbons (Fsp3) is 0.667. The minimum atomic E-state index is -0.657. The van der Waals surface area contributed by atoms with Crippen molar-refractivity contribution in [3.05, 3.63) is 22.5 Å². The lowest BCUT2D eigenvalue weighted by atomic mass is 9.94. The highest BCUT2D eigenvalue weighted by Gasteiger charge is 2.21. The third-order valence-electron chi connectivity index (χ3n) is 3.48. The smallest absolute Gasteiger partial charge is 0.194 e. The van der Waals surface area contributed by atoms with E-state index < -0.39 is 5.60 Å². The van der Waals surface area contributed by atoms with Gasteiger partial charge >= 0.3 is 0 Å². The first kappa shape index (κ1) is 15.5. The van der Waals surface area contributed by atoms with E-state index in [2.05, 4.69) is 40.9 Å². The summed E-state index contributed by atoms with van der Waals surface area (Å²) < 4.78 is 2.20. The molecule has 2 heterocycles. The van der Waals surface area contributed by atoms with Gasteiger partial charge in [-0.3, -0.25) is 4.40 Å². The number of nitrogens with one attached hydrogen (secondary N) is 1. The van der Waals surface area contributed by atoms with Crippen LogP contribution in [0.25, 0.3) is 4.96 Å². The Morgan fingerprint density at radius 2 is 2.15 bits per heavy atom. The van der Waals surface area contributed by atoms with Gasteiger partial charge in [-0.1, -0.05) is 13.8 Å². The van der Waals surface area contributed by atoms with Crippen molar-refractivity contribution in [2.24, 2.45) is 5.92 Å². The third-order valence-corrected chi connectivity index (χ3v) is 4.42. The fourth-order valence-corrected chi connectivity index (χ4v) is 3.71. The minimum Gasteiger partial charge on any atom is -0.389 e. The molecular weight excluding hydrogens is 270 g/mol. The van der Waals surface area contributed by atoms with E-state index in [4.69, 9.17) is 0 Å². The van der Waals surface area contributed by atoms with Crippen LogP contribution in [0.1, 0.15) is 44.3 Å². The van der Waals surface area contributed by atoms with Crippen LogP contribution in [0, 0.1) is 19.8 Å². The quantitative estimate of drug-likeness (QED) is 0.861. The number of hydrogen-bond acceptors (Lipinski definition) is 4. The van der Waals surface area contributed by atoms with Crippen molar-refractivity contribution in [1.82, 2.24) is 14.7 Å². The molecule has 0 aromatic carbocycles. The summed E-state index contributed by atoms with van der Waals surface area (Å²) in [5.74, 6) is 0.495. The van der Waals surface area contributed by atoms with Crippen molar-refractivity contribution >= 4 is 16.3 Å². The van der Waals surface area contributed by atoms with Crippen LogP contribution in [0.15, 0.2) is 5.38 Å². The number of thiazole rings is 1. The van der Waals surface area contributed by atoms with Crippen molar-refractivity contribution in [3.63, 3.8) is 0 Å². The monoisotopic (exact) mass is 295 g/mol. The van der Waals surface area contributed by atoms with E-state index >= 15 is 0 Å². The third kappa shape index (κ3) is 3.40. The second-order valence-corrected chi connectivity index (χ2v) is 7.17. The van der Waals surface area contributed by atoms with Gasteiger partial charge in [0.2, 0.25) is 0 Å². The van der Waals surface area contributed by atoms with Gasteiger partial charge in [-0.2, -0.15) is 0 Å². The molecule has 1 atom stereocenters. The number of aromatic nitrogens is 2. The summed E-state index contributed by atoms with van der Waals surface area (Å²) in [5.41, 5.74) is 2.82. The second-order valence-electron chi connectivity index (χ2n) is 6.34. The van der Waals surface area contributed by atoms with Crippen molar-refractivity contribution in [2.75, 3.05) is 6.54 Å². The van der Waals surface area contributed by atoms with Crippen LogP contribution in [0.3, 0.4) is 0 Å². The van der Waals surface area contributed by atoms with Crippen LogP contribution in [-0.4, -0.2) is 26.6 Å². The standard InChI is InChI=1S/C15H25N3OS/c1-10(2)6-15(5,19)9-16-7-13-12(4)17-14-18(13)11(3)8-20-14/h8,10,16,19H,6-7,9H2,1-5H3. The molecule has 0 bridgehead atoms. The summed E-state index contributed by atoms with van der Waals surface area (Å²) in [6.07, 6.45) is 0.804. The molecule has 1 unspecified atom stereocenters. The highest BCUT2D eigenvalue weighted by atomic mass is 32.1. The number of fused-ring (bicyclic) bond motifs is 1. The first-order valence-electron chi connectivity index (χ1n) is 7.15. The Balaban J connectivity index is 2.03. The predicted molar refractivity (Wildman–Crippen MR) is 84.3 cm³/mol. The number of aryl methyl sites for hydroxylation is 2. The van der Waals surface area contributed by atoms with E-state index in [1.54, 1.807) is 11.3 Å². The molecule has 0 fully saturated rings. The zero-order valence-corrected chi connectivity index (χ0v) is 13.8. The molecule has 0 aliphatic heterocycles.